The molecule has 2 aromatic heterocycles. The Morgan fingerprint density at radius 1 is 0.840 bits per heavy atom. The normalized spacial score (nSPS) is 12.8. The Kier molecular flexibility index (Phi) is 3.50. The molecule has 0 aliphatic heterocycles. The molecule has 0 atom stereocenters. The molecule has 25 heavy (non-hydrogen) atoms. The number of hydrogen-bond donors (Lipinski definition) is 1. The number of nitrogens with zero attached hydrogens (tertiary/aromatic N) is 1. The van der Waals surface area contributed by atoms with Gasteiger partial charge >= 0.3 is 0 Å². The van der Waals surface area contributed by atoms with E-state index in [-0.39, 0.29) is 35.5 Å². The van der Waals surface area contributed by atoms with E-state index < -0.39 is 0 Å². The maximum atomic E-state index is 13.2. The predicted molar refractivity (Wildman–Crippen MR) is 90.3 cm³/mol. The minimum Gasteiger partial charge on any atom is -1.00 e. The number of H-pyrrole nitrogens is 1. The first-order valence-electron chi connectivity index (χ1n) is 7.78. The average Bonchev–Trinajstić information content (AvgIpc) is 3.00. The van der Waals surface area contributed by atoms with E-state index in [2.05, 4.69) is 4.98 Å². The van der Waals surface area contributed by atoms with Gasteiger partial charge in [0.2, 0.25) is 17.1 Å². The zero-order valence-electron chi connectivity index (χ0n) is 13.3. The summed E-state index contributed by atoms with van der Waals surface area (Å²) in [6, 6.07) is 15.2. The highest BCUT2D eigenvalue weighted by molar-refractivity contribution is 6.34. The van der Waals surface area contributed by atoms with E-state index >= 15 is 0 Å². The predicted octanol–water partition coefficient (Wildman–Crippen LogP) is -0.0750. The molecule has 0 radical (unpaired) electrons. The molecular formula is C20H13IN2O2. The quantitative estimate of drug-likeness (QED) is 0.271. The van der Waals surface area contributed by atoms with Gasteiger partial charge in [-0.3, -0.25) is 9.59 Å². The number of aryl methyl sites for hydroxylation is 1. The van der Waals surface area contributed by atoms with Crippen LogP contribution in [0.4, 0.5) is 0 Å². The van der Waals surface area contributed by atoms with Gasteiger partial charge in [-0.25, -0.2) is 4.57 Å². The number of nitrogens with one attached hydrogen (secondary N) is 1. The van der Waals surface area contributed by atoms with Gasteiger partial charge in [0, 0.05) is 17.0 Å². The second-order valence-electron chi connectivity index (χ2n) is 6.12. The standard InChI is InChI=1S/C20H12N2O2.HI/c1-22-10-13-16(12-7-3-5-9-15(12)22)20(24)18-17(19(13)23)11-6-2-4-8-14(11)21-18;/h2-10H,1H3;1H. The van der Waals surface area contributed by atoms with Crippen LogP contribution in [-0.2, 0) is 7.05 Å². The number of aromatic nitrogens is 2. The van der Waals surface area contributed by atoms with Gasteiger partial charge in [-0.05, 0) is 12.1 Å². The van der Waals surface area contributed by atoms with E-state index in [1.54, 1.807) is 6.20 Å². The maximum Gasteiger partial charge on any atom is 0.213 e. The number of fused-ring (bicyclic) bond motifs is 6. The van der Waals surface area contributed by atoms with Crippen molar-refractivity contribution in [3.8, 4) is 0 Å². The van der Waals surface area contributed by atoms with Gasteiger partial charge in [-0.15, -0.1) is 0 Å². The molecule has 1 aliphatic carbocycles. The van der Waals surface area contributed by atoms with Crippen molar-refractivity contribution in [3.05, 3.63) is 77.1 Å². The number of hydrogen-bond acceptors (Lipinski definition) is 2. The summed E-state index contributed by atoms with van der Waals surface area (Å²) in [6.45, 7) is 0. The number of ketones is 2. The molecule has 5 heteroatoms. The molecule has 1 aliphatic rings. The van der Waals surface area contributed by atoms with E-state index in [9.17, 15) is 9.59 Å². The second-order valence-corrected chi connectivity index (χ2v) is 6.12. The van der Waals surface area contributed by atoms with Gasteiger partial charge in [-0.2, -0.15) is 0 Å². The van der Waals surface area contributed by atoms with Crippen LogP contribution >= 0.6 is 0 Å². The van der Waals surface area contributed by atoms with Crippen LogP contribution in [0.2, 0.25) is 0 Å². The zero-order chi connectivity index (χ0) is 16.4. The Balaban J connectivity index is 0.00000157. The van der Waals surface area contributed by atoms with Crippen LogP contribution < -0.4 is 28.5 Å². The summed E-state index contributed by atoms with van der Waals surface area (Å²) in [5, 5.41) is 1.60. The molecule has 5 rings (SSSR count). The summed E-state index contributed by atoms with van der Waals surface area (Å²) < 4.78 is 1.90. The highest BCUT2D eigenvalue weighted by Gasteiger charge is 2.36. The first kappa shape index (κ1) is 16.0. The van der Waals surface area contributed by atoms with Crippen molar-refractivity contribution in [2.45, 2.75) is 0 Å². The molecule has 1 N–H and O–H groups in total. The van der Waals surface area contributed by atoms with Crippen molar-refractivity contribution in [2.75, 3.05) is 0 Å². The zero-order valence-corrected chi connectivity index (χ0v) is 15.5. The number of carbonyl (C=O) groups is 2. The largest absolute Gasteiger partial charge is 1.00 e. The van der Waals surface area contributed by atoms with E-state index in [0.717, 1.165) is 21.8 Å². The molecule has 0 amide bonds. The summed E-state index contributed by atoms with van der Waals surface area (Å²) in [6.07, 6.45) is 1.77. The number of benzene rings is 2. The first-order chi connectivity index (χ1) is 11.7. The van der Waals surface area contributed by atoms with Crippen molar-refractivity contribution >= 4 is 33.4 Å². The Hall–Kier alpha value is -2.54. The molecule has 0 bridgehead atoms. The Labute approximate surface area is 160 Å². The lowest BCUT2D eigenvalue weighted by atomic mass is 9.85. The van der Waals surface area contributed by atoms with Crippen LogP contribution in [0.5, 0.6) is 0 Å². The Morgan fingerprint density at radius 2 is 1.52 bits per heavy atom. The molecule has 0 fully saturated rings. The maximum absolute atomic E-state index is 13.2. The SMILES string of the molecule is C[n+]1cc2c(c3ccccc31)C(=O)c1[nH]c3ccccc3c1C2=O.[I-]. The van der Waals surface area contributed by atoms with Crippen molar-refractivity contribution < 1.29 is 38.1 Å². The van der Waals surface area contributed by atoms with Crippen LogP contribution in [0, 0.1) is 0 Å². The van der Waals surface area contributed by atoms with Crippen LogP contribution in [0.15, 0.2) is 54.7 Å². The first-order valence-corrected chi connectivity index (χ1v) is 7.78. The highest BCUT2D eigenvalue weighted by atomic mass is 127. The molecule has 2 heterocycles. The lowest BCUT2D eigenvalue weighted by Gasteiger charge is -2.15. The topological polar surface area (TPSA) is 53.8 Å². The fraction of sp³-hybridized carbons (Fsp3) is 0.0500. The van der Waals surface area contributed by atoms with Gasteiger partial charge in [-0.1, -0.05) is 30.3 Å². The number of carbonyl (C=O) groups excluding carboxylic acids is 2. The third-order valence-electron chi connectivity index (χ3n) is 4.78. The number of rotatable bonds is 0. The summed E-state index contributed by atoms with van der Waals surface area (Å²) in [4.78, 5) is 29.4. The minimum absolute atomic E-state index is 0. The van der Waals surface area contributed by atoms with Crippen molar-refractivity contribution in [1.29, 1.82) is 0 Å². The van der Waals surface area contributed by atoms with E-state index in [1.807, 2.05) is 60.1 Å². The highest BCUT2D eigenvalue weighted by Crippen LogP contribution is 2.34. The molecular weight excluding hydrogens is 427 g/mol. The fourth-order valence-corrected chi connectivity index (χ4v) is 3.69. The Bertz CT molecular complexity index is 1210. The van der Waals surface area contributed by atoms with Gasteiger partial charge in [0.05, 0.1) is 27.8 Å². The van der Waals surface area contributed by atoms with Crippen molar-refractivity contribution in [3.63, 3.8) is 0 Å². The van der Waals surface area contributed by atoms with Gasteiger partial charge in [0.15, 0.2) is 6.20 Å². The molecule has 0 saturated carbocycles. The lowest BCUT2D eigenvalue weighted by molar-refractivity contribution is -0.645. The third kappa shape index (κ3) is 2.02. The van der Waals surface area contributed by atoms with Crippen LogP contribution in [0.25, 0.3) is 21.8 Å². The van der Waals surface area contributed by atoms with E-state index in [0.29, 0.717) is 22.4 Å². The van der Waals surface area contributed by atoms with Gasteiger partial charge in [0.1, 0.15) is 7.05 Å². The molecule has 0 saturated heterocycles. The molecule has 122 valence electrons. The molecule has 2 aromatic carbocycles. The van der Waals surface area contributed by atoms with Crippen molar-refractivity contribution in [1.82, 2.24) is 4.98 Å². The lowest BCUT2D eigenvalue weighted by Crippen LogP contribution is -3.00. The van der Waals surface area contributed by atoms with Crippen LogP contribution in [-0.4, -0.2) is 16.6 Å². The van der Waals surface area contributed by atoms with Crippen molar-refractivity contribution in [2.24, 2.45) is 7.05 Å². The third-order valence-corrected chi connectivity index (χ3v) is 4.78. The van der Waals surface area contributed by atoms with Crippen LogP contribution in [0.3, 0.4) is 0 Å². The summed E-state index contributed by atoms with van der Waals surface area (Å²) >= 11 is 0. The molecule has 0 spiro atoms. The summed E-state index contributed by atoms with van der Waals surface area (Å²) in [7, 11) is 1.89. The fourth-order valence-electron chi connectivity index (χ4n) is 3.69. The second kappa shape index (κ2) is 5.49. The number of halogens is 1. The number of para-hydroxylation sites is 2. The summed E-state index contributed by atoms with van der Waals surface area (Å²) in [5.41, 5.74) is 3.58. The smallest absolute Gasteiger partial charge is 0.213 e. The van der Waals surface area contributed by atoms with E-state index in [4.69, 9.17) is 0 Å². The average molecular weight is 440 g/mol. The monoisotopic (exact) mass is 440 g/mol. The molecule has 4 nitrogen and oxygen atoms in total. The Morgan fingerprint density at radius 3 is 2.32 bits per heavy atom. The van der Waals surface area contributed by atoms with E-state index in [1.165, 1.54) is 0 Å². The minimum atomic E-state index is -0.118. The number of aromatic amines is 1. The van der Waals surface area contributed by atoms with Gasteiger partial charge in [0.25, 0.3) is 0 Å². The molecule has 0 unspecified atom stereocenters. The van der Waals surface area contributed by atoms with Gasteiger partial charge < -0.3 is 29.0 Å². The molecule has 4 aromatic rings. The van der Waals surface area contributed by atoms with Crippen LogP contribution in [0.1, 0.15) is 32.0 Å². The number of pyridine rings is 1. The summed E-state index contributed by atoms with van der Waals surface area (Å²) in [5.74, 6) is -0.217.